The number of hydrogen-bond acceptors (Lipinski definition) is 3. The van der Waals surface area contributed by atoms with Crippen LogP contribution in [-0.2, 0) is 16.0 Å². The molecule has 1 N–H and O–H groups in total. The van der Waals surface area contributed by atoms with Crippen LogP contribution in [0.15, 0.2) is 48.5 Å². The Bertz CT molecular complexity index is 986. The van der Waals surface area contributed by atoms with E-state index in [4.69, 9.17) is 17.0 Å². The first-order chi connectivity index (χ1) is 17.9. The molecule has 1 fully saturated rings. The monoisotopic (exact) mass is 523 g/mol. The third-order valence-corrected chi connectivity index (χ3v) is 7.71. The number of benzene rings is 2. The number of nitrogens with one attached hydrogen (secondary N) is 1. The molecule has 1 atom stereocenters. The molecule has 5 nitrogen and oxygen atoms in total. The molecule has 0 aromatic heterocycles. The summed E-state index contributed by atoms with van der Waals surface area (Å²) in [5.41, 5.74) is 4.46. The highest BCUT2D eigenvalue weighted by Gasteiger charge is 2.27. The van der Waals surface area contributed by atoms with Gasteiger partial charge in [0.2, 0.25) is 0 Å². The highest BCUT2D eigenvalue weighted by Crippen LogP contribution is 2.26. The Balaban J connectivity index is 1.61. The third-order valence-electron chi connectivity index (χ3n) is 7.29. The van der Waals surface area contributed by atoms with Crippen molar-refractivity contribution in [2.75, 3.05) is 38.2 Å². The van der Waals surface area contributed by atoms with Crippen molar-refractivity contribution in [3.05, 3.63) is 54.1 Å². The molecule has 2 aromatic rings. The summed E-state index contributed by atoms with van der Waals surface area (Å²) in [6.45, 7) is 9.57. The number of thiocarbonyl (C=S) groups is 1. The van der Waals surface area contributed by atoms with E-state index in [9.17, 15) is 4.79 Å². The standard InChI is InChI=1S/C31H45N3O2S/c1-5-7-8-9-19-32-31(37)33(4)28-12-10-11-27(23-28)26-15-13-25(14-16-26)22-29(36-6-2)30(35)34-20-17-24(3)18-21-34/h10-16,23-24,29H,5-9,17-22H2,1-4H3,(H,32,37). The highest BCUT2D eigenvalue weighted by molar-refractivity contribution is 7.80. The smallest absolute Gasteiger partial charge is 0.252 e. The van der Waals surface area contributed by atoms with E-state index in [2.05, 4.69) is 67.7 Å². The average molecular weight is 524 g/mol. The number of unbranched alkanes of at least 4 members (excludes halogenated alkanes) is 3. The molecular formula is C31H45N3O2S. The topological polar surface area (TPSA) is 44.8 Å². The number of piperidine rings is 1. The van der Waals surface area contributed by atoms with Gasteiger partial charge in [0.25, 0.3) is 5.91 Å². The van der Waals surface area contributed by atoms with Gasteiger partial charge >= 0.3 is 0 Å². The molecule has 1 heterocycles. The summed E-state index contributed by atoms with van der Waals surface area (Å²) in [6, 6.07) is 17.0. The lowest BCUT2D eigenvalue weighted by molar-refractivity contribution is -0.144. The summed E-state index contributed by atoms with van der Waals surface area (Å²) in [6.07, 6.45) is 7.21. The van der Waals surface area contributed by atoms with Crippen molar-refractivity contribution >= 4 is 28.9 Å². The molecule has 202 valence electrons. The number of carbonyl (C=O) groups is 1. The Hall–Kier alpha value is -2.44. The van der Waals surface area contributed by atoms with Gasteiger partial charge in [-0.2, -0.15) is 0 Å². The highest BCUT2D eigenvalue weighted by atomic mass is 32.1. The lowest BCUT2D eigenvalue weighted by Gasteiger charge is -2.33. The van der Waals surface area contributed by atoms with Gasteiger partial charge in [0, 0.05) is 45.4 Å². The van der Waals surface area contributed by atoms with E-state index >= 15 is 0 Å². The van der Waals surface area contributed by atoms with Crippen LogP contribution in [0.3, 0.4) is 0 Å². The van der Waals surface area contributed by atoms with Crippen LogP contribution in [0.5, 0.6) is 0 Å². The van der Waals surface area contributed by atoms with Gasteiger partial charge in [-0.05, 0) is 73.1 Å². The van der Waals surface area contributed by atoms with Gasteiger partial charge in [-0.15, -0.1) is 0 Å². The number of ether oxygens (including phenoxy) is 1. The van der Waals surface area contributed by atoms with Crippen LogP contribution in [0.2, 0.25) is 0 Å². The van der Waals surface area contributed by atoms with Crippen molar-refractivity contribution in [2.24, 2.45) is 5.92 Å². The molecule has 2 aromatic carbocycles. The maximum absolute atomic E-state index is 13.1. The van der Waals surface area contributed by atoms with Crippen LogP contribution in [0.25, 0.3) is 11.1 Å². The molecule has 0 saturated carbocycles. The Labute approximate surface area is 229 Å². The second-order valence-corrected chi connectivity index (χ2v) is 10.6. The first-order valence-electron chi connectivity index (χ1n) is 14.0. The molecular weight excluding hydrogens is 478 g/mol. The summed E-state index contributed by atoms with van der Waals surface area (Å²) >= 11 is 5.62. The maximum Gasteiger partial charge on any atom is 0.252 e. The summed E-state index contributed by atoms with van der Waals surface area (Å²) in [7, 11) is 2.01. The number of carbonyl (C=O) groups excluding carboxylic acids is 1. The zero-order valence-corrected chi connectivity index (χ0v) is 24.0. The molecule has 1 saturated heterocycles. The van der Waals surface area contributed by atoms with E-state index < -0.39 is 6.10 Å². The molecule has 0 spiro atoms. The van der Waals surface area contributed by atoms with E-state index in [0.717, 1.165) is 66.4 Å². The molecule has 6 heteroatoms. The first-order valence-corrected chi connectivity index (χ1v) is 14.4. The first kappa shape index (κ1) is 29.1. The lowest BCUT2D eigenvalue weighted by atomic mass is 9.97. The molecule has 1 aliphatic heterocycles. The summed E-state index contributed by atoms with van der Waals surface area (Å²) in [5, 5.41) is 4.13. The van der Waals surface area contributed by atoms with Gasteiger partial charge in [-0.25, -0.2) is 0 Å². The van der Waals surface area contributed by atoms with E-state index in [-0.39, 0.29) is 5.91 Å². The van der Waals surface area contributed by atoms with Crippen molar-refractivity contribution in [3.63, 3.8) is 0 Å². The lowest BCUT2D eigenvalue weighted by Crippen LogP contribution is -2.45. The second-order valence-electron chi connectivity index (χ2n) is 10.3. The van der Waals surface area contributed by atoms with Gasteiger partial charge < -0.3 is 19.9 Å². The van der Waals surface area contributed by atoms with Crippen molar-refractivity contribution in [1.29, 1.82) is 0 Å². The van der Waals surface area contributed by atoms with Crippen LogP contribution in [-0.4, -0.2) is 55.3 Å². The molecule has 1 amide bonds. The minimum atomic E-state index is -0.420. The number of anilines is 1. The normalized spacial score (nSPS) is 14.9. The zero-order valence-electron chi connectivity index (χ0n) is 23.2. The van der Waals surface area contributed by atoms with Gasteiger partial charge in [-0.1, -0.05) is 69.5 Å². The molecule has 0 aliphatic carbocycles. The van der Waals surface area contributed by atoms with Crippen molar-refractivity contribution in [2.45, 2.75) is 71.8 Å². The van der Waals surface area contributed by atoms with E-state index in [1.54, 1.807) is 0 Å². The predicted molar refractivity (Wildman–Crippen MR) is 159 cm³/mol. The number of rotatable bonds is 12. The maximum atomic E-state index is 13.1. The largest absolute Gasteiger partial charge is 0.368 e. The minimum absolute atomic E-state index is 0.128. The van der Waals surface area contributed by atoms with Crippen LogP contribution in [0, 0.1) is 5.92 Å². The summed E-state index contributed by atoms with van der Waals surface area (Å²) < 4.78 is 5.90. The molecule has 0 bridgehead atoms. The predicted octanol–water partition coefficient (Wildman–Crippen LogP) is 6.45. The Kier molecular flexibility index (Phi) is 11.9. The van der Waals surface area contributed by atoms with Crippen molar-refractivity contribution in [1.82, 2.24) is 10.2 Å². The quantitative estimate of drug-likeness (QED) is 0.256. The van der Waals surface area contributed by atoms with Crippen LogP contribution < -0.4 is 10.2 Å². The Morgan fingerprint density at radius 3 is 2.49 bits per heavy atom. The van der Waals surface area contributed by atoms with Crippen molar-refractivity contribution in [3.8, 4) is 11.1 Å². The number of likely N-dealkylation sites (tertiary alicyclic amines) is 1. The number of nitrogens with zero attached hydrogens (tertiary/aromatic N) is 2. The van der Waals surface area contributed by atoms with E-state index in [0.29, 0.717) is 18.9 Å². The van der Waals surface area contributed by atoms with E-state index in [1.807, 2.05) is 23.8 Å². The van der Waals surface area contributed by atoms with Crippen molar-refractivity contribution < 1.29 is 9.53 Å². The minimum Gasteiger partial charge on any atom is -0.368 e. The fraction of sp³-hybridized carbons (Fsp3) is 0.548. The van der Waals surface area contributed by atoms with Gasteiger partial charge in [0.1, 0.15) is 6.10 Å². The Morgan fingerprint density at radius 1 is 1.08 bits per heavy atom. The average Bonchev–Trinajstić information content (AvgIpc) is 2.92. The SMILES string of the molecule is CCCCCCNC(=S)N(C)c1cccc(-c2ccc(CC(OCC)C(=O)N3CCC(C)CC3)cc2)c1. The van der Waals surface area contributed by atoms with E-state index in [1.165, 1.54) is 19.3 Å². The number of hydrogen-bond donors (Lipinski definition) is 1. The fourth-order valence-electron chi connectivity index (χ4n) is 4.78. The molecule has 1 aliphatic rings. The third kappa shape index (κ3) is 8.82. The second kappa shape index (κ2) is 15.1. The van der Waals surface area contributed by atoms with Crippen LogP contribution >= 0.6 is 12.2 Å². The summed E-state index contributed by atoms with van der Waals surface area (Å²) in [4.78, 5) is 17.2. The number of amides is 1. The Morgan fingerprint density at radius 2 is 1.81 bits per heavy atom. The fourth-order valence-corrected chi connectivity index (χ4v) is 4.98. The van der Waals surface area contributed by atoms with Gasteiger partial charge in [-0.3, -0.25) is 4.79 Å². The summed E-state index contributed by atoms with van der Waals surface area (Å²) in [5.74, 6) is 0.825. The van der Waals surface area contributed by atoms with Gasteiger partial charge in [0.05, 0.1) is 0 Å². The molecule has 1 unspecified atom stereocenters. The zero-order chi connectivity index (χ0) is 26.6. The van der Waals surface area contributed by atoms with Gasteiger partial charge in [0.15, 0.2) is 5.11 Å². The van der Waals surface area contributed by atoms with Crippen LogP contribution in [0.4, 0.5) is 5.69 Å². The molecule has 0 radical (unpaired) electrons. The molecule has 3 rings (SSSR count). The molecule has 37 heavy (non-hydrogen) atoms. The van der Waals surface area contributed by atoms with Crippen LogP contribution in [0.1, 0.15) is 64.9 Å².